The van der Waals surface area contributed by atoms with Crippen molar-refractivity contribution in [2.45, 2.75) is 25.8 Å². The van der Waals surface area contributed by atoms with Crippen LogP contribution in [0.4, 0.5) is 5.69 Å². The van der Waals surface area contributed by atoms with Gasteiger partial charge in [-0.15, -0.1) is 0 Å². The minimum absolute atomic E-state index is 0.0712. The fourth-order valence-electron chi connectivity index (χ4n) is 4.72. The molecule has 2 fully saturated rings. The maximum atomic E-state index is 12.8. The van der Waals surface area contributed by atoms with Crippen LogP contribution in [0.2, 0.25) is 5.02 Å². The summed E-state index contributed by atoms with van der Waals surface area (Å²) in [6.45, 7) is 2.76. The lowest BCUT2D eigenvalue weighted by atomic mass is 9.90. The summed E-state index contributed by atoms with van der Waals surface area (Å²) in [6.07, 6.45) is 3.01. The smallest absolute Gasteiger partial charge is 0.228 e. The van der Waals surface area contributed by atoms with Gasteiger partial charge >= 0.3 is 0 Å². The first kappa shape index (κ1) is 21.8. The second-order valence-electron chi connectivity index (χ2n) is 8.39. The molecule has 2 aliphatic rings. The van der Waals surface area contributed by atoms with Gasteiger partial charge in [0.2, 0.25) is 5.91 Å². The molecule has 0 bridgehead atoms. The van der Waals surface area contributed by atoms with Crippen LogP contribution in [0.15, 0.2) is 36.4 Å². The van der Waals surface area contributed by atoms with E-state index in [1.54, 1.807) is 33.5 Å². The molecule has 1 amide bonds. The third-order valence-corrected chi connectivity index (χ3v) is 6.95. The van der Waals surface area contributed by atoms with E-state index >= 15 is 0 Å². The molecule has 0 aromatic heterocycles. The zero-order valence-corrected chi connectivity index (χ0v) is 19.0. The summed E-state index contributed by atoms with van der Waals surface area (Å²) in [7, 11) is 4.91. The van der Waals surface area contributed by atoms with Crippen LogP contribution in [0.5, 0.6) is 17.2 Å². The molecule has 1 spiro atoms. The summed E-state index contributed by atoms with van der Waals surface area (Å²) in [5.74, 6) is 2.31. The molecule has 2 aromatic rings. The van der Waals surface area contributed by atoms with Crippen molar-refractivity contribution in [3.63, 3.8) is 0 Å². The summed E-state index contributed by atoms with van der Waals surface area (Å²) in [6, 6.07) is 11.3. The highest BCUT2D eigenvalue weighted by molar-refractivity contribution is 6.32. The molecule has 1 saturated carbocycles. The largest absolute Gasteiger partial charge is 0.495 e. The fourth-order valence-corrected chi connectivity index (χ4v) is 4.98. The van der Waals surface area contributed by atoms with E-state index in [2.05, 4.69) is 16.3 Å². The topological polar surface area (TPSA) is 60.0 Å². The van der Waals surface area contributed by atoms with Crippen LogP contribution in [0.25, 0.3) is 0 Å². The zero-order chi connectivity index (χ0) is 22.0. The van der Waals surface area contributed by atoms with Gasteiger partial charge in [0, 0.05) is 23.7 Å². The van der Waals surface area contributed by atoms with Crippen LogP contribution in [-0.2, 0) is 11.3 Å². The van der Waals surface area contributed by atoms with Gasteiger partial charge in [0.1, 0.15) is 5.75 Å². The Kier molecular flexibility index (Phi) is 6.30. The van der Waals surface area contributed by atoms with Gasteiger partial charge in [0.15, 0.2) is 11.5 Å². The standard InChI is InChI=1S/C24H29ClN2O4/c1-29-20-8-7-17(13-19(20)25)26-23(28)18-14-24(18)9-11-27(12-10-24)15-16-5-4-6-21(30-2)22(16)31-3/h4-8,13,18H,9-12,14-15H2,1-3H3,(H,26,28). The normalized spacial score (nSPS) is 19.7. The third kappa shape index (κ3) is 4.46. The monoisotopic (exact) mass is 444 g/mol. The minimum atomic E-state index is 0.0712. The number of rotatable bonds is 7. The van der Waals surface area contributed by atoms with Crippen LogP contribution in [0.1, 0.15) is 24.8 Å². The molecule has 1 N–H and O–H groups in total. The molecule has 1 unspecified atom stereocenters. The van der Waals surface area contributed by atoms with E-state index in [9.17, 15) is 4.79 Å². The second kappa shape index (κ2) is 8.97. The Bertz CT molecular complexity index is 957. The van der Waals surface area contributed by atoms with Crippen molar-refractivity contribution in [1.82, 2.24) is 4.90 Å². The SMILES string of the molecule is COc1ccc(NC(=O)C2CC23CCN(Cc2cccc(OC)c2OC)CC3)cc1Cl. The first-order chi connectivity index (χ1) is 15.0. The average molecular weight is 445 g/mol. The van der Waals surface area contributed by atoms with Gasteiger partial charge in [-0.3, -0.25) is 9.69 Å². The molecule has 166 valence electrons. The molecule has 7 heteroatoms. The van der Waals surface area contributed by atoms with Gasteiger partial charge in [-0.1, -0.05) is 23.7 Å². The Morgan fingerprint density at radius 3 is 2.48 bits per heavy atom. The zero-order valence-electron chi connectivity index (χ0n) is 18.2. The number of carbonyl (C=O) groups is 1. The number of likely N-dealkylation sites (tertiary alicyclic amines) is 1. The van der Waals surface area contributed by atoms with E-state index in [4.69, 9.17) is 25.8 Å². The fraction of sp³-hybridized carbons (Fsp3) is 0.458. The van der Waals surface area contributed by atoms with Gasteiger partial charge in [0.25, 0.3) is 0 Å². The summed E-state index contributed by atoms with van der Waals surface area (Å²) < 4.78 is 16.2. The number of piperidine rings is 1. The van der Waals surface area contributed by atoms with Crippen LogP contribution in [0.3, 0.4) is 0 Å². The first-order valence-corrected chi connectivity index (χ1v) is 10.9. The van der Waals surface area contributed by atoms with Gasteiger partial charge in [-0.2, -0.15) is 0 Å². The minimum Gasteiger partial charge on any atom is -0.495 e. The maximum Gasteiger partial charge on any atom is 0.228 e. The Morgan fingerprint density at radius 2 is 1.84 bits per heavy atom. The molecular weight excluding hydrogens is 416 g/mol. The summed E-state index contributed by atoms with van der Waals surface area (Å²) >= 11 is 6.17. The number of amides is 1. The number of nitrogens with one attached hydrogen (secondary N) is 1. The highest BCUT2D eigenvalue weighted by atomic mass is 35.5. The molecule has 4 rings (SSSR count). The molecule has 0 radical (unpaired) electrons. The highest BCUT2D eigenvalue weighted by Crippen LogP contribution is 2.59. The predicted molar refractivity (Wildman–Crippen MR) is 121 cm³/mol. The number of anilines is 1. The molecule has 6 nitrogen and oxygen atoms in total. The van der Waals surface area contributed by atoms with Gasteiger partial charge in [-0.05, 0) is 62.0 Å². The van der Waals surface area contributed by atoms with Crippen LogP contribution in [-0.4, -0.2) is 45.2 Å². The lowest BCUT2D eigenvalue weighted by Crippen LogP contribution is -2.35. The molecular formula is C24H29ClN2O4. The number of carbonyl (C=O) groups excluding carboxylic acids is 1. The molecule has 2 aromatic carbocycles. The van der Waals surface area contributed by atoms with Crippen molar-refractivity contribution in [2.24, 2.45) is 11.3 Å². The van der Waals surface area contributed by atoms with E-state index in [1.165, 1.54) is 0 Å². The number of ether oxygens (including phenoxy) is 3. The molecule has 1 saturated heterocycles. The van der Waals surface area contributed by atoms with Gasteiger partial charge in [-0.25, -0.2) is 0 Å². The van der Waals surface area contributed by atoms with E-state index < -0.39 is 0 Å². The number of benzene rings is 2. The lowest BCUT2D eigenvalue weighted by Gasteiger charge is -2.33. The Balaban J connectivity index is 1.32. The van der Waals surface area contributed by atoms with Crippen molar-refractivity contribution >= 4 is 23.2 Å². The number of halogens is 1. The van der Waals surface area contributed by atoms with Crippen LogP contribution < -0.4 is 19.5 Å². The number of nitrogens with zero attached hydrogens (tertiary/aromatic N) is 1. The predicted octanol–water partition coefficient (Wildman–Crippen LogP) is 4.61. The van der Waals surface area contributed by atoms with Crippen molar-refractivity contribution < 1.29 is 19.0 Å². The second-order valence-corrected chi connectivity index (χ2v) is 8.79. The quantitative estimate of drug-likeness (QED) is 0.675. The molecule has 1 aliphatic carbocycles. The number of hydrogen-bond donors (Lipinski definition) is 1. The molecule has 31 heavy (non-hydrogen) atoms. The lowest BCUT2D eigenvalue weighted by molar-refractivity contribution is -0.118. The van der Waals surface area contributed by atoms with E-state index in [-0.39, 0.29) is 17.2 Å². The van der Waals surface area contributed by atoms with E-state index in [0.717, 1.165) is 56.0 Å². The van der Waals surface area contributed by atoms with Gasteiger partial charge < -0.3 is 19.5 Å². The maximum absolute atomic E-state index is 12.8. The summed E-state index contributed by atoms with van der Waals surface area (Å²) in [5, 5.41) is 3.52. The van der Waals surface area contributed by atoms with E-state index in [0.29, 0.717) is 16.5 Å². The number of methoxy groups -OCH3 is 3. The van der Waals surface area contributed by atoms with Crippen molar-refractivity contribution in [3.8, 4) is 17.2 Å². The molecule has 1 heterocycles. The average Bonchev–Trinajstić information content (AvgIpc) is 3.49. The number of para-hydroxylation sites is 1. The van der Waals surface area contributed by atoms with Crippen LogP contribution >= 0.6 is 11.6 Å². The van der Waals surface area contributed by atoms with Crippen molar-refractivity contribution in [2.75, 3.05) is 39.7 Å². The molecule has 1 aliphatic heterocycles. The number of hydrogen-bond acceptors (Lipinski definition) is 5. The Labute approximate surface area is 188 Å². The Morgan fingerprint density at radius 1 is 1.10 bits per heavy atom. The molecule has 1 atom stereocenters. The third-order valence-electron chi connectivity index (χ3n) is 6.66. The first-order valence-electron chi connectivity index (χ1n) is 10.6. The van der Waals surface area contributed by atoms with Gasteiger partial charge in [0.05, 0.1) is 26.4 Å². The van der Waals surface area contributed by atoms with Crippen molar-refractivity contribution in [3.05, 3.63) is 47.0 Å². The summed E-state index contributed by atoms with van der Waals surface area (Å²) in [5.41, 5.74) is 1.97. The van der Waals surface area contributed by atoms with E-state index in [1.807, 2.05) is 18.2 Å². The highest BCUT2D eigenvalue weighted by Gasteiger charge is 2.58. The van der Waals surface area contributed by atoms with Crippen molar-refractivity contribution in [1.29, 1.82) is 0 Å². The Hall–Kier alpha value is -2.44. The van der Waals surface area contributed by atoms with Crippen LogP contribution in [0, 0.1) is 11.3 Å². The summed E-state index contributed by atoms with van der Waals surface area (Å²) in [4.78, 5) is 15.2.